The highest BCUT2D eigenvalue weighted by atomic mass is 16.0. The van der Waals surface area contributed by atoms with E-state index >= 15 is 0 Å². The molecule has 0 aromatic heterocycles. The lowest BCUT2D eigenvalue weighted by atomic mass is 10.0. The standard InChI is InChI=1S/C19H40N2.2H2O/c1-7-20(12-16(3)17(4)13-20)10-9-11-21(8-2)14-18(5)19(6)15-21;;/h16-19H,7-15H2,1-6H3;2*1H2/q+2;;/p-2. The summed E-state index contributed by atoms with van der Waals surface area (Å²) in [4.78, 5) is 0. The first-order chi connectivity index (χ1) is 9.85. The minimum Gasteiger partial charge on any atom is -0.870 e. The van der Waals surface area contributed by atoms with Crippen molar-refractivity contribution in [1.82, 2.24) is 0 Å². The van der Waals surface area contributed by atoms with Crippen LogP contribution in [0.5, 0.6) is 0 Å². The van der Waals surface area contributed by atoms with Crippen LogP contribution in [0.15, 0.2) is 0 Å². The Hall–Kier alpha value is -0.160. The van der Waals surface area contributed by atoms with Crippen LogP contribution in [0.3, 0.4) is 0 Å². The summed E-state index contributed by atoms with van der Waals surface area (Å²) < 4.78 is 2.80. The molecule has 4 heteroatoms. The minimum absolute atomic E-state index is 0. The molecule has 2 rings (SSSR count). The van der Waals surface area contributed by atoms with Crippen molar-refractivity contribution < 1.29 is 19.9 Å². The molecule has 2 N–H and O–H groups in total. The second kappa shape index (κ2) is 8.80. The molecule has 0 saturated carbocycles. The molecule has 0 bridgehead atoms. The maximum Gasteiger partial charge on any atom is 0.0841 e. The summed E-state index contributed by atoms with van der Waals surface area (Å²) in [6, 6.07) is 0. The zero-order valence-corrected chi connectivity index (χ0v) is 16.5. The Morgan fingerprint density at radius 3 is 1.09 bits per heavy atom. The topological polar surface area (TPSA) is 60.0 Å². The summed E-state index contributed by atoms with van der Waals surface area (Å²) in [6.45, 7) is 25.9. The lowest BCUT2D eigenvalue weighted by Crippen LogP contribution is -2.51. The second-order valence-corrected chi connectivity index (χ2v) is 8.76. The highest BCUT2D eigenvalue weighted by Gasteiger charge is 2.42. The Labute approximate surface area is 144 Å². The smallest absolute Gasteiger partial charge is 0.0841 e. The molecule has 0 radical (unpaired) electrons. The van der Waals surface area contributed by atoms with Crippen molar-refractivity contribution in [3.63, 3.8) is 0 Å². The van der Waals surface area contributed by atoms with Crippen molar-refractivity contribution in [2.75, 3.05) is 52.4 Å². The summed E-state index contributed by atoms with van der Waals surface area (Å²) in [6.07, 6.45) is 1.43. The average molecular weight is 331 g/mol. The van der Waals surface area contributed by atoms with E-state index in [0.717, 1.165) is 23.7 Å². The van der Waals surface area contributed by atoms with Crippen molar-refractivity contribution in [2.45, 2.75) is 48.0 Å². The van der Waals surface area contributed by atoms with E-state index in [9.17, 15) is 0 Å². The molecule has 2 aliphatic rings. The molecule has 0 aliphatic carbocycles. The minimum atomic E-state index is 0. The van der Waals surface area contributed by atoms with Crippen LogP contribution in [0.25, 0.3) is 0 Å². The largest absolute Gasteiger partial charge is 0.870 e. The molecular weight excluding hydrogens is 288 g/mol. The first-order valence-electron chi connectivity index (χ1n) is 9.55. The van der Waals surface area contributed by atoms with E-state index in [-0.39, 0.29) is 11.0 Å². The van der Waals surface area contributed by atoms with Crippen LogP contribution in [0.2, 0.25) is 0 Å². The molecule has 0 amide bonds. The van der Waals surface area contributed by atoms with E-state index in [2.05, 4.69) is 41.5 Å². The highest BCUT2D eigenvalue weighted by molar-refractivity contribution is 4.71. The van der Waals surface area contributed by atoms with E-state index < -0.39 is 0 Å². The molecule has 23 heavy (non-hydrogen) atoms. The fourth-order valence-corrected chi connectivity index (χ4v) is 5.25. The SMILES string of the molecule is CC[N+]1(CCC[N+]2(CC)CC(C)C(C)C2)CC(C)C(C)C1.[OH-].[OH-]. The van der Waals surface area contributed by atoms with Crippen molar-refractivity contribution in [1.29, 1.82) is 0 Å². The maximum atomic E-state index is 2.46. The Morgan fingerprint density at radius 2 is 0.870 bits per heavy atom. The molecule has 2 fully saturated rings. The average Bonchev–Trinajstić information content (AvgIpc) is 2.89. The Kier molecular flexibility index (Phi) is 8.73. The number of likely N-dealkylation sites (tertiary alicyclic amines) is 2. The predicted octanol–water partition coefficient (Wildman–Crippen LogP) is 3.27. The number of quaternary nitrogens is 2. The van der Waals surface area contributed by atoms with Crippen molar-refractivity contribution in [3.05, 3.63) is 0 Å². The lowest BCUT2D eigenvalue weighted by molar-refractivity contribution is -0.935. The van der Waals surface area contributed by atoms with Crippen molar-refractivity contribution in [2.24, 2.45) is 23.7 Å². The molecular formula is C19H42N2O2. The van der Waals surface area contributed by atoms with Gasteiger partial charge in [-0.15, -0.1) is 0 Å². The molecule has 0 aromatic rings. The summed E-state index contributed by atoms with van der Waals surface area (Å²) in [5.41, 5.74) is 0. The van der Waals surface area contributed by atoms with E-state index in [4.69, 9.17) is 0 Å². The van der Waals surface area contributed by atoms with Crippen LogP contribution in [-0.4, -0.2) is 72.3 Å². The van der Waals surface area contributed by atoms with Gasteiger partial charge >= 0.3 is 0 Å². The first-order valence-corrected chi connectivity index (χ1v) is 9.55. The van der Waals surface area contributed by atoms with Gasteiger partial charge in [-0.1, -0.05) is 27.7 Å². The van der Waals surface area contributed by atoms with Gasteiger partial charge in [0.2, 0.25) is 0 Å². The van der Waals surface area contributed by atoms with E-state index in [1.807, 2.05) is 0 Å². The van der Waals surface area contributed by atoms with Crippen LogP contribution >= 0.6 is 0 Å². The molecule has 4 unspecified atom stereocenters. The fourth-order valence-electron chi connectivity index (χ4n) is 5.25. The number of hydrogen-bond donors (Lipinski definition) is 0. The third-order valence-corrected chi connectivity index (χ3v) is 7.25. The van der Waals surface area contributed by atoms with E-state index in [1.165, 1.54) is 67.7 Å². The third kappa shape index (κ3) is 4.91. The van der Waals surface area contributed by atoms with Crippen LogP contribution in [-0.2, 0) is 0 Å². The lowest BCUT2D eigenvalue weighted by Gasteiger charge is -2.37. The quantitative estimate of drug-likeness (QED) is 0.702. The normalized spacial score (nSPS) is 43.0. The van der Waals surface area contributed by atoms with Gasteiger partial charge in [-0.2, -0.15) is 0 Å². The number of nitrogens with zero attached hydrogens (tertiary/aromatic N) is 2. The Bertz CT molecular complexity index is 296. The van der Waals surface area contributed by atoms with Gasteiger partial charge in [0.15, 0.2) is 0 Å². The van der Waals surface area contributed by atoms with Crippen LogP contribution < -0.4 is 0 Å². The first kappa shape index (κ1) is 22.8. The molecule has 2 saturated heterocycles. The van der Waals surface area contributed by atoms with Gasteiger partial charge in [0, 0.05) is 30.1 Å². The third-order valence-electron chi connectivity index (χ3n) is 7.25. The van der Waals surface area contributed by atoms with Gasteiger partial charge in [0.05, 0.1) is 52.4 Å². The van der Waals surface area contributed by atoms with Gasteiger partial charge < -0.3 is 19.9 Å². The highest BCUT2D eigenvalue weighted by Crippen LogP contribution is 2.32. The summed E-state index contributed by atoms with van der Waals surface area (Å²) in [5, 5.41) is 0. The predicted molar refractivity (Wildman–Crippen MR) is 95.9 cm³/mol. The molecule has 2 heterocycles. The second-order valence-electron chi connectivity index (χ2n) is 8.76. The van der Waals surface area contributed by atoms with Crippen molar-refractivity contribution >= 4 is 0 Å². The van der Waals surface area contributed by atoms with Gasteiger partial charge in [-0.05, 0) is 13.8 Å². The number of hydrogen-bond acceptors (Lipinski definition) is 2. The monoisotopic (exact) mass is 330 g/mol. The Morgan fingerprint density at radius 1 is 0.609 bits per heavy atom. The van der Waals surface area contributed by atoms with Gasteiger partial charge in [0.25, 0.3) is 0 Å². The maximum absolute atomic E-state index is 2.46. The molecule has 0 aromatic carbocycles. The molecule has 0 spiro atoms. The molecule has 140 valence electrons. The summed E-state index contributed by atoms with van der Waals surface area (Å²) in [7, 11) is 0. The summed E-state index contributed by atoms with van der Waals surface area (Å²) in [5.74, 6) is 3.69. The van der Waals surface area contributed by atoms with E-state index in [0.29, 0.717) is 0 Å². The Balaban J connectivity index is 0.00000242. The van der Waals surface area contributed by atoms with Crippen LogP contribution in [0, 0.1) is 23.7 Å². The van der Waals surface area contributed by atoms with Crippen molar-refractivity contribution in [3.8, 4) is 0 Å². The fraction of sp³-hybridized carbons (Fsp3) is 1.00. The number of rotatable bonds is 6. The van der Waals surface area contributed by atoms with Crippen LogP contribution in [0.1, 0.15) is 48.0 Å². The van der Waals surface area contributed by atoms with Gasteiger partial charge in [-0.25, -0.2) is 0 Å². The van der Waals surface area contributed by atoms with E-state index in [1.54, 1.807) is 0 Å². The molecule has 4 nitrogen and oxygen atoms in total. The zero-order valence-electron chi connectivity index (χ0n) is 16.5. The summed E-state index contributed by atoms with van der Waals surface area (Å²) >= 11 is 0. The zero-order chi connectivity index (χ0) is 15.7. The van der Waals surface area contributed by atoms with Gasteiger partial charge in [-0.3, -0.25) is 0 Å². The van der Waals surface area contributed by atoms with Gasteiger partial charge in [0.1, 0.15) is 0 Å². The molecule has 4 atom stereocenters. The molecule has 2 aliphatic heterocycles. The van der Waals surface area contributed by atoms with Crippen LogP contribution in [0.4, 0.5) is 0 Å².